The van der Waals surface area contributed by atoms with E-state index >= 15 is 0 Å². The summed E-state index contributed by atoms with van der Waals surface area (Å²) < 4.78 is 45.7. The first-order valence-electron chi connectivity index (χ1n) is 8.79. The Morgan fingerprint density at radius 1 is 1.11 bits per heavy atom. The van der Waals surface area contributed by atoms with Gasteiger partial charge in [0.05, 0.1) is 13.7 Å². The maximum absolute atomic E-state index is 13.7. The highest BCUT2D eigenvalue weighted by Gasteiger charge is 2.30. The number of likely N-dealkylation sites (N-methyl/N-ethyl adjacent to an activating group) is 2. The van der Waals surface area contributed by atoms with Crippen LogP contribution in [0.1, 0.15) is 18.1 Å². The van der Waals surface area contributed by atoms with Gasteiger partial charge >= 0.3 is 0 Å². The van der Waals surface area contributed by atoms with E-state index in [9.17, 15) is 17.6 Å². The summed E-state index contributed by atoms with van der Waals surface area (Å²) in [5.41, 5.74) is 2.80. The molecule has 0 unspecified atom stereocenters. The minimum atomic E-state index is -4.12. The maximum Gasteiger partial charge on any atom is 0.247 e. The number of methoxy groups -OCH3 is 1. The number of nitrogens with zero attached hydrogens (tertiary/aromatic N) is 2. The van der Waals surface area contributed by atoms with Gasteiger partial charge in [0, 0.05) is 19.3 Å². The summed E-state index contributed by atoms with van der Waals surface area (Å²) in [6.45, 7) is 5.21. The zero-order valence-corrected chi connectivity index (χ0v) is 17.5. The Hall–Kier alpha value is -2.45. The molecule has 0 spiro atoms. The molecule has 6 nitrogen and oxygen atoms in total. The van der Waals surface area contributed by atoms with Gasteiger partial charge < -0.3 is 9.64 Å². The van der Waals surface area contributed by atoms with Crippen LogP contribution in [0.2, 0.25) is 0 Å². The summed E-state index contributed by atoms with van der Waals surface area (Å²) in [5.74, 6) is -1.08. The second-order valence-electron chi connectivity index (χ2n) is 6.45. The molecule has 8 heteroatoms. The van der Waals surface area contributed by atoms with Crippen molar-refractivity contribution in [2.75, 3.05) is 32.1 Å². The Bertz CT molecular complexity index is 976. The first kappa shape index (κ1) is 21.8. The Balaban J connectivity index is 2.31. The summed E-state index contributed by atoms with van der Waals surface area (Å²) in [5, 5.41) is 0. The second-order valence-corrected chi connectivity index (χ2v) is 8.35. The van der Waals surface area contributed by atoms with Gasteiger partial charge in [0.25, 0.3) is 0 Å². The highest BCUT2D eigenvalue weighted by Crippen LogP contribution is 2.27. The van der Waals surface area contributed by atoms with Crippen LogP contribution in [0, 0.1) is 19.7 Å². The van der Waals surface area contributed by atoms with Crippen LogP contribution in [0.3, 0.4) is 0 Å². The van der Waals surface area contributed by atoms with Gasteiger partial charge in [-0.3, -0.25) is 4.79 Å². The Kier molecular flexibility index (Phi) is 6.79. The van der Waals surface area contributed by atoms with E-state index in [2.05, 4.69) is 0 Å². The molecule has 1 amide bonds. The lowest BCUT2D eigenvalue weighted by Crippen LogP contribution is -2.41. The van der Waals surface area contributed by atoms with Crippen LogP contribution in [0.25, 0.3) is 0 Å². The van der Waals surface area contributed by atoms with Gasteiger partial charge in [-0.15, -0.1) is 0 Å². The van der Waals surface area contributed by atoms with E-state index in [0.29, 0.717) is 5.69 Å². The second kappa shape index (κ2) is 8.70. The third-order valence-electron chi connectivity index (χ3n) is 4.66. The molecule has 0 atom stereocenters. The van der Waals surface area contributed by atoms with Crippen LogP contribution in [-0.2, 0) is 14.8 Å². The molecule has 0 fully saturated rings. The molecule has 0 aliphatic carbocycles. The molecule has 0 aliphatic rings. The number of anilines is 1. The number of halogens is 1. The van der Waals surface area contributed by atoms with Gasteiger partial charge in [0.1, 0.15) is 16.5 Å². The SMILES string of the molecule is CCN(CC(=O)N(C)c1ccc(C)c(C)c1)S(=O)(=O)c1cc(F)ccc1OC. The minimum Gasteiger partial charge on any atom is -0.495 e. The monoisotopic (exact) mass is 408 g/mol. The van der Waals surface area contributed by atoms with E-state index in [1.807, 2.05) is 26.0 Å². The van der Waals surface area contributed by atoms with E-state index in [4.69, 9.17) is 4.74 Å². The molecule has 0 heterocycles. The Labute approximate surface area is 165 Å². The fourth-order valence-electron chi connectivity index (χ4n) is 2.69. The number of carbonyl (C=O) groups excluding carboxylic acids is 1. The van der Waals surface area contributed by atoms with Crippen molar-refractivity contribution in [3.8, 4) is 5.75 Å². The average molecular weight is 408 g/mol. The summed E-state index contributed by atoms with van der Waals surface area (Å²) >= 11 is 0. The zero-order valence-electron chi connectivity index (χ0n) is 16.7. The number of aryl methyl sites for hydroxylation is 2. The lowest BCUT2D eigenvalue weighted by atomic mass is 10.1. The molecule has 2 aromatic rings. The number of hydrogen-bond acceptors (Lipinski definition) is 4. The molecule has 0 aliphatic heterocycles. The first-order valence-corrected chi connectivity index (χ1v) is 10.2. The topological polar surface area (TPSA) is 66.9 Å². The van der Waals surface area contributed by atoms with Crippen LogP contribution < -0.4 is 9.64 Å². The molecule has 0 radical (unpaired) electrons. The van der Waals surface area contributed by atoms with Crippen LogP contribution in [0.4, 0.5) is 10.1 Å². The largest absolute Gasteiger partial charge is 0.495 e. The van der Waals surface area contributed by atoms with Crippen molar-refractivity contribution in [1.29, 1.82) is 0 Å². The normalized spacial score (nSPS) is 11.5. The summed E-state index contributed by atoms with van der Waals surface area (Å²) in [6, 6.07) is 8.84. The van der Waals surface area contributed by atoms with Crippen molar-refractivity contribution >= 4 is 21.6 Å². The number of amides is 1. The lowest BCUT2D eigenvalue weighted by molar-refractivity contribution is -0.118. The van der Waals surface area contributed by atoms with E-state index < -0.39 is 21.7 Å². The smallest absolute Gasteiger partial charge is 0.247 e. The third-order valence-corrected chi connectivity index (χ3v) is 6.60. The number of rotatable bonds is 7. The number of carbonyl (C=O) groups is 1. The van der Waals surface area contributed by atoms with E-state index in [1.54, 1.807) is 20.0 Å². The van der Waals surface area contributed by atoms with Gasteiger partial charge in [-0.1, -0.05) is 13.0 Å². The van der Waals surface area contributed by atoms with Crippen molar-refractivity contribution in [2.24, 2.45) is 0 Å². The van der Waals surface area contributed by atoms with Crippen LogP contribution in [0.5, 0.6) is 5.75 Å². The van der Waals surface area contributed by atoms with Crippen molar-refractivity contribution < 1.29 is 22.3 Å². The molecule has 0 aromatic heterocycles. The van der Waals surface area contributed by atoms with Crippen molar-refractivity contribution in [2.45, 2.75) is 25.7 Å². The fourth-order valence-corrected chi connectivity index (χ4v) is 4.26. The maximum atomic E-state index is 13.7. The third kappa shape index (κ3) is 4.51. The first-order chi connectivity index (χ1) is 13.1. The van der Waals surface area contributed by atoms with Crippen LogP contribution >= 0.6 is 0 Å². The molecule has 0 saturated carbocycles. The van der Waals surface area contributed by atoms with Gasteiger partial charge in [-0.2, -0.15) is 4.31 Å². The fraction of sp³-hybridized carbons (Fsp3) is 0.350. The molecular formula is C20H25FN2O4S. The van der Waals surface area contributed by atoms with Crippen molar-refractivity contribution in [3.05, 3.63) is 53.3 Å². The number of hydrogen-bond donors (Lipinski definition) is 0. The van der Waals surface area contributed by atoms with Gasteiger partial charge in [-0.05, 0) is 55.3 Å². The highest BCUT2D eigenvalue weighted by molar-refractivity contribution is 7.89. The predicted octanol–water partition coefficient (Wildman–Crippen LogP) is 3.12. The highest BCUT2D eigenvalue weighted by atomic mass is 32.2. The summed E-state index contributed by atoms with van der Waals surface area (Å²) in [4.78, 5) is 13.8. The van der Waals surface area contributed by atoms with E-state index in [0.717, 1.165) is 27.6 Å². The zero-order chi connectivity index (χ0) is 21.1. The van der Waals surface area contributed by atoms with Gasteiger partial charge in [0.2, 0.25) is 15.9 Å². The van der Waals surface area contributed by atoms with E-state index in [1.165, 1.54) is 18.1 Å². The molecule has 0 N–H and O–H groups in total. The minimum absolute atomic E-state index is 0.0230. The Morgan fingerprint density at radius 3 is 2.36 bits per heavy atom. The van der Waals surface area contributed by atoms with Crippen LogP contribution in [-0.4, -0.2) is 45.9 Å². The molecule has 0 saturated heterocycles. The molecule has 152 valence electrons. The molecule has 2 rings (SSSR count). The molecule has 28 heavy (non-hydrogen) atoms. The standard InChI is InChI=1S/C20H25FN2O4S/c1-6-23(28(25,26)19-12-16(21)8-10-18(19)27-5)13-20(24)22(4)17-9-7-14(2)15(3)11-17/h7-12H,6,13H2,1-5H3. The summed E-state index contributed by atoms with van der Waals surface area (Å²) in [7, 11) is -1.22. The number of sulfonamides is 1. The van der Waals surface area contributed by atoms with Gasteiger partial charge in [0.15, 0.2) is 0 Å². The predicted molar refractivity (Wildman–Crippen MR) is 107 cm³/mol. The molecular weight excluding hydrogens is 383 g/mol. The Morgan fingerprint density at radius 2 is 1.79 bits per heavy atom. The number of benzene rings is 2. The van der Waals surface area contributed by atoms with Crippen molar-refractivity contribution in [3.63, 3.8) is 0 Å². The quantitative estimate of drug-likeness (QED) is 0.706. The van der Waals surface area contributed by atoms with Crippen molar-refractivity contribution in [1.82, 2.24) is 4.31 Å². The molecule has 2 aromatic carbocycles. The number of ether oxygens (including phenoxy) is 1. The van der Waals surface area contributed by atoms with Gasteiger partial charge in [-0.25, -0.2) is 12.8 Å². The average Bonchev–Trinajstić information content (AvgIpc) is 2.67. The van der Waals surface area contributed by atoms with E-state index in [-0.39, 0.29) is 23.7 Å². The summed E-state index contributed by atoms with van der Waals surface area (Å²) in [6.07, 6.45) is 0. The lowest BCUT2D eigenvalue weighted by Gasteiger charge is -2.25. The molecule has 0 bridgehead atoms. The van der Waals surface area contributed by atoms with Crippen LogP contribution in [0.15, 0.2) is 41.3 Å².